The molecule has 5 atom stereocenters. The Morgan fingerprint density at radius 1 is 1.26 bits per heavy atom. The third-order valence-corrected chi connectivity index (χ3v) is 5.29. The number of nitrogens with two attached hydrogens (primary N) is 1. The van der Waals surface area contributed by atoms with Crippen LogP contribution in [0, 0.1) is 11.8 Å². The molecule has 2 aromatic rings. The number of hydrogen-bond acceptors (Lipinski definition) is 8. The zero-order valence-electron chi connectivity index (χ0n) is 13.0. The second-order valence-corrected chi connectivity index (χ2v) is 6.58. The third kappa shape index (κ3) is 2.47. The number of rotatable bonds is 4. The van der Waals surface area contributed by atoms with Gasteiger partial charge in [0.05, 0.1) is 18.5 Å². The predicted molar refractivity (Wildman–Crippen MR) is 86.9 cm³/mol. The molecule has 5 N–H and O–H groups in total. The molecule has 2 unspecified atom stereocenters. The van der Waals surface area contributed by atoms with Crippen LogP contribution in [-0.4, -0.2) is 59.9 Å². The van der Waals surface area contributed by atoms with E-state index in [0.717, 1.165) is 0 Å². The zero-order valence-corrected chi connectivity index (χ0v) is 13.8. The van der Waals surface area contributed by atoms with E-state index in [9.17, 15) is 15.3 Å². The molecule has 3 rings (SSSR count). The van der Waals surface area contributed by atoms with E-state index in [2.05, 4.69) is 15.0 Å². The van der Waals surface area contributed by atoms with Gasteiger partial charge in [-0.1, -0.05) is 25.1 Å². The molecule has 0 spiro atoms. The smallest absolute Gasteiger partial charge is 0.191 e. The van der Waals surface area contributed by atoms with Gasteiger partial charge in [0.2, 0.25) is 0 Å². The number of anilines is 1. The van der Waals surface area contributed by atoms with Crippen molar-refractivity contribution in [1.82, 2.24) is 19.5 Å². The number of nitrogen functional groups attached to an aromatic ring is 1. The summed E-state index contributed by atoms with van der Waals surface area (Å²) in [5.74, 6) is -0.175. The maximum atomic E-state index is 10.5. The fraction of sp³-hybridized carbons (Fsp3) is 0.643. The standard InChI is InChI=1S/C14H21N5O3S/c1-3-6-7(4-20)10(21)11(22)9(6)19-5-16-8-12(15)17-14(23-2)18-13(8)19/h5-7,9-11,20-22H,3-4H2,1-2H3,(H2,15,17,18)/t6-,7-,9+,10?,11?/m0/s1. The summed E-state index contributed by atoms with van der Waals surface area (Å²) < 4.78 is 1.75. The molecule has 0 aromatic carbocycles. The highest BCUT2D eigenvalue weighted by atomic mass is 32.2. The van der Waals surface area contributed by atoms with Gasteiger partial charge >= 0.3 is 0 Å². The Balaban J connectivity index is 2.13. The molecule has 9 heteroatoms. The van der Waals surface area contributed by atoms with Crippen LogP contribution in [-0.2, 0) is 0 Å². The van der Waals surface area contributed by atoms with Crippen molar-refractivity contribution >= 4 is 28.7 Å². The fourth-order valence-corrected chi connectivity index (χ4v) is 3.97. The molecule has 2 heterocycles. The Bertz CT molecular complexity index is 709. The van der Waals surface area contributed by atoms with E-state index in [0.29, 0.717) is 22.7 Å². The van der Waals surface area contributed by atoms with E-state index in [1.807, 2.05) is 13.2 Å². The largest absolute Gasteiger partial charge is 0.396 e. The first kappa shape index (κ1) is 16.4. The molecule has 0 aliphatic heterocycles. The molecular weight excluding hydrogens is 318 g/mol. The van der Waals surface area contributed by atoms with Gasteiger partial charge in [0, 0.05) is 12.5 Å². The molecule has 1 aliphatic carbocycles. The van der Waals surface area contributed by atoms with Crippen molar-refractivity contribution in [3.05, 3.63) is 6.33 Å². The van der Waals surface area contributed by atoms with Gasteiger partial charge in [-0.15, -0.1) is 0 Å². The summed E-state index contributed by atoms with van der Waals surface area (Å²) in [4.78, 5) is 12.9. The van der Waals surface area contributed by atoms with Crippen LogP contribution in [0.5, 0.6) is 0 Å². The highest BCUT2D eigenvalue weighted by Crippen LogP contribution is 2.43. The van der Waals surface area contributed by atoms with Crippen molar-refractivity contribution in [1.29, 1.82) is 0 Å². The van der Waals surface area contributed by atoms with Crippen LogP contribution in [0.1, 0.15) is 19.4 Å². The summed E-state index contributed by atoms with van der Waals surface area (Å²) in [5.41, 5.74) is 6.95. The molecule has 1 aliphatic rings. The number of hydrogen-bond donors (Lipinski definition) is 4. The van der Waals surface area contributed by atoms with Gasteiger partial charge in [0.25, 0.3) is 0 Å². The lowest BCUT2D eigenvalue weighted by Crippen LogP contribution is -2.30. The Morgan fingerprint density at radius 3 is 2.61 bits per heavy atom. The van der Waals surface area contributed by atoms with E-state index >= 15 is 0 Å². The van der Waals surface area contributed by atoms with E-state index in [-0.39, 0.29) is 24.3 Å². The van der Waals surface area contributed by atoms with Crippen molar-refractivity contribution in [3.63, 3.8) is 0 Å². The molecule has 0 radical (unpaired) electrons. The van der Waals surface area contributed by atoms with Crippen LogP contribution in [0.2, 0.25) is 0 Å². The highest BCUT2D eigenvalue weighted by molar-refractivity contribution is 7.98. The number of aliphatic hydroxyl groups excluding tert-OH is 3. The van der Waals surface area contributed by atoms with Gasteiger partial charge in [-0.05, 0) is 12.2 Å². The summed E-state index contributed by atoms with van der Waals surface area (Å²) >= 11 is 1.37. The Morgan fingerprint density at radius 2 is 2.00 bits per heavy atom. The highest BCUT2D eigenvalue weighted by Gasteiger charge is 2.49. The Kier molecular flexibility index (Phi) is 4.45. The van der Waals surface area contributed by atoms with Crippen molar-refractivity contribution in [2.24, 2.45) is 11.8 Å². The number of nitrogens with zero attached hydrogens (tertiary/aromatic N) is 4. The van der Waals surface area contributed by atoms with Crippen molar-refractivity contribution in [2.75, 3.05) is 18.6 Å². The molecule has 1 saturated carbocycles. The summed E-state index contributed by atoms with van der Waals surface area (Å²) in [5, 5.41) is 30.8. The van der Waals surface area contributed by atoms with Crippen LogP contribution in [0.25, 0.3) is 11.2 Å². The number of thioether (sulfide) groups is 1. The van der Waals surface area contributed by atoms with E-state index in [4.69, 9.17) is 5.73 Å². The fourth-order valence-electron chi connectivity index (χ4n) is 3.60. The first-order valence-corrected chi connectivity index (χ1v) is 8.76. The maximum absolute atomic E-state index is 10.5. The Labute approximate surface area is 137 Å². The molecule has 8 nitrogen and oxygen atoms in total. The molecule has 0 bridgehead atoms. The second kappa shape index (κ2) is 6.23. The lowest BCUT2D eigenvalue weighted by molar-refractivity contribution is -0.00455. The first-order chi connectivity index (χ1) is 11.0. The second-order valence-electron chi connectivity index (χ2n) is 5.81. The minimum atomic E-state index is -0.997. The summed E-state index contributed by atoms with van der Waals surface area (Å²) in [6, 6.07) is -0.416. The quantitative estimate of drug-likeness (QED) is 0.454. The number of fused-ring (bicyclic) bond motifs is 1. The molecule has 126 valence electrons. The lowest BCUT2D eigenvalue weighted by Gasteiger charge is -2.24. The topological polar surface area (TPSA) is 130 Å². The molecule has 23 heavy (non-hydrogen) atoms. The normalized spacial score (nSPS) is 31.1. The monoisotopic (exact) mass is 339 g/mol. The van der Waals surface area contributed by atoms with Crippen molar-refractivity contribution < 1.29 is 15.3 Å². The van der Waals surface area contributed by atoms with Gasteiger partial charge in [-0.3, -0.25) is 0 Å². The van der Waals surface area contributed by atoms with E-state index in [1.165, 1.54) is 11.8 Å². The maximum Gasteiger partial charge on any atom is 0.191 e. The third-order valence-electron chi connectivity index (χ3n) is 4.74. The first-order valence-electron chi connectivity index (χ1n) is 7.54. The molecule has 0 saturated heterocycles. The van der Waals surface area contributed by atoms with Crippen molar-refractivity contribution in [2.45, 2.75) is 36.8 Å². The molecule has 0 amide bonds. The van der Waals surface area contributed by atoms with Crippen LogP contribution < -0.4 is 5.73 Å². The van der Waals surface area contributed by atoms with Gasteiger partial charge in [-0.2, -0.15) is 0 Å². The minimum Gasteiger partial charge on any atom is -0.396 e. The van der Waals surface area contributed by atoms with Crippen LogP contribution >= 0.6 is 11.8 Å². The van der Waals surface area contributed by atoms with E-state index in [1.54, 1.807) is 10.9 Å². The molecule has 1 fully saturated rings. The summed E-state index contributed by atoms with van der Waals surface area (Å²) in [6.07, 6.45) is 2.16. The van der Waals surface area contributed by atoms with Gasteiger partial charge in [0.15, 0.2) is 16.6 Å². The van der Waals surface area contributed by atoms with Crippen LogP contribution in [0.3, 0.4) is 0 Å². The lowest BCUT2D eigenvalue weighted by atomic mass is 9.91. The number of aliphatic hydroxyl groups is 3. The summed E-state index contributed by atoms with van der Waals surface area (Å²) in [6.45, 7) is 1.80. The van der Waals surface area contributed by atoms with E-state index < -0.39 is 18.2 Å². The Hall–Kier alpha value is -1.42. The van der Waals surface area contributed by atoms with Gasteiger partial charge in [-0.25, -0.2) is 15.0 Å². The predicted octanol–water partition coefficient (Wildman–Crippen LogP) is 0.0416. The van der Waals surface area contributed by atoms with Crippen LogP contribution in [0.15, 0.2) is 11.5 Å². The average molecular weight is 339 g/mol. The van der Waals surface area contributed by atoms with Gasteiger partial charge < -0.3 is 25.6 Å². The number of imidazole rings is 1. The summed E-state index contributed by atoms with van der Waals surface area (Å²) in [7, 11) is 0. The van der Waals surface area contributed by atoms with Crippen molar-refractivity contribution in [3.8, 4) is 0 Å². The average Bonchev–Trinajstić information content (AvgIpc) is 3.07. The SMILES string of the molecule is CC[C@H]1[C@H](CO)C(O)C(O)[C@@H]1n1cnc2c(N)nc(SC)nc21. The van der Waals surface area contributed by atoms with Crippen LogP contribution in [0.4, 0.5) is 5.82 Å². The number of aromatic nitrogens is 4. The van der Waals surface area contributed by atoms with Gasteiger partial charge in [0.1, 0.15) is 11.6 Å². The minimum absolute atomic E-state index is 0.0867. The molecule has 2 aromatic heterocycles. The zero-order chi connectivity index (χ0) is 16.7. The molecular formula is C14H21N5O3S.